The van der Waals surface area contributed by atoms with E-state index in [1.165, 1.54) is 19.0 Å². The summed E-state index contributed by atoms with van der Waals surface area (Å²) in [4.78, 5) is 7.94. The summed E-state index contributed by atoms with van der Waals surface area (Å²) in [6.07, 6.45) is 7.60. The van der Waals surface area contributed by atoms with Crippen LogP contribution in [0.2, 0.25) is 5.02 Å². The Labute approximate surface area is 97.3 Å². The third-order valence-corrected chi connectivity index (χ3v) is 2.84. The molecule has 1 aliphatic rings. The maximum atomic E-state index is 6.02. The second-order valence-electron chi connectivity index (χ2n) is 3.86. The molecular formula is C10H10ClN5. The van der Waals surface area contributed by atoms with Crippen molar-refractivity contribution in [2.45, 2.75) is 18.9 Å². The molecule has 0 atom stereocenters. The molecule has 0 radical (unpaired) electrons. The lowest BCUT2D eigenvalue weighted by atomic mass is 10.2. The van der Waals surface area contributed by atoms with Gasteiger partial charge in [-0.2, -0.15) is 5.10 Å². The van der Waals surface area contributed by atoms with Crippen LogP contribution in [-0.2, 0) is 0 Å². The number of hydrogen-bond acceptors (Lipinski definition) is 4. The molecule has 6 heteroatoms. The topological polar surface area (TPSA) is 69.6 Å². The SMILES string of the molecule is Nc1ncc(Cl)c(-c2cnn(C3CC3)c2)n1. The predicted molar refractivity (Wildman–Crippen MR) is 60.9 cm³/mol. The molecule has 0 aliphatic heterocycles. The van der Waals surface area contributed by atoms with E-state index in [1.807, 2.05) is 10.9 Å². The van der Waals surface area contributed by atoms with Gasteiger partial charge in [-0.1, -0.05) is 11.6 Å². The summed E-state index contributed by atoms with van der Waals surface area (Å²) in [6.45, 7) is 0. The van der Waals surface area contributed by atoms with Crippen molar-refractivity contribution in [3.63, 3.8) is 0 Å². The molecule has 2 aromatic rings. The van der Waals surface area contributed by atoms with E-state index >= 15 is 0 Å². The molecule has 0 saturated heterocycles. The molecule has 0 amide bonds. The van der Waals surface area contributed by atoms with Crippen LogP contribution in [0, 0.1) is 0 Å². The van der Waals surface area contributed by atoms with E-state index < -0.39 is 0 Å². The Morgan fingerprint density at radius 2 is 2.19 bits per heavy atom. The van der Waals surface area contributed by atoms with E-state index in [2.05, 4.69) is 15.1 Å². The highest BCUT2D eigenvalue weighted by atomic mass is 35.5. The number of nitrogens with zero attached hydrogens (tertiary/aromatic N) is 4. The molecule has 0 spiro atoms. The van der Waals surface area contributed by atoms with Gasteiger partial charge in [-0.05, 0) is 12.8 Å². The van der Waals surface area contributed by atoms with Gasteiger partial charge in [0.15, 0.2) is 0 Å². The summed E-state index contributed by atoms with van der Waals surface area (Å²) in [5.74, 6) is 0.221. The largest absolute Gasteiger partial charge is 0.368 e. The quantitative estimate of drug-likeness (QED) is 0.863. The minimum absolute atomic E-state index is 0.221. The van der Waals surface area contributed by atoms with Crippen LogP contribution >= 0.6 is 11.6 Å². The van der Waals surface area contributed by atoms with Crippen LogP contribution in [0.25, 0.3) is 11.3 Å². The zero-order chi connectivity index (χ0) is 11.1. The predicted octanol–water partition coefficient (Wildman–Crippen LogP) is 1.91. The molecule has 0 bridgehead atoms. The Hall–Kier alpha value is -1.62. The van der Waals surface area contributed by atoms with E-state index in [1.54, 1.807) is 6.20 Å². The van der Waals surface area contributed by atoms with Crippen molar-refractivity contribution in [1.29, 1.82) is 0 Å². The number of rotatable bonds is 2. The van der Waals surface area contributed by atoms with Gasteiger partial charge in [0.1, 0.15) is 0 Å². The minimum atomic E-state index is 0.221. The molecular weight excluding hydrogens is 226 g/mol. The summed E-state index contributed by atoms with van der Waals surface area (Å²) in [7, 11) is 0. The fraction of sp³-hybridized carbons (Fsp3) is 0.300. The fourth-order valence-electron chi connectivity index (χ4n) is 1.58. The highest BCUT2D eigenvalue weighted by Gasteiger charge is 2.24. The number of halogens is 1. The zero-order valence-electron chi connectivity index (χ0n) is 8.47. The maximum Gasteiger partial charge on any atom is 0.220 e. The first kappa shape index (κ1) is 9.59. The molecule has 0 unspecified atom stereocenters. The van der Waals surface area contributed by atoms with Crippen LogP contribution < -0.4 is 5.73 Å². The van der Waals surface area contributed by atoms with Crippen LogP contribution in [0.1, 0.15) is 18.9 Å². The lowest BCUT2D eigenvalue weighted by molar-refractivity contribution is 0.642. The van der Waals surface area contributed by atoms with Gasteiger partial charge in [-0.3, -0.25) is 4.68 Å². The van der Waals surface area contributed by atoms with Gasteiger partial charge in [0, 0.05) is 11.8 Å². The van der Waals surface area contributed by atoms with E-state index in [9.17, 15) is 0 Å². The second kappa shape index (κ2) is 3.45. The summed E-state index contributed by atoms with van der Waals surface area (Å²) in [6, 6.07) is 0.548. The smallest absolute Gasteiger partial charge is 0.220 e. The first-order valence-corrected chi connectivity index (χ1v) is 5.44. The molecule has 2 heterocycles. The van der Waals surface area contributed by atoms with Crippen molar-refractivity contribution in [3.05, 3.63) is 23.6 Å². The lowest BCUT2D eigenvalue weighted by Crippen LogP contribution is -1.96. The Morgan fingerprint density at radius 3 is 2.94 bits per heavy atom. The highest BCUT2D eigenvalue weighted by Crippen LogP contribution is 2.35. The maximum absolute atomic E-state index is 6.02. The van der Waals surface area contributed by atoms with Crippen LogP contribution in [0.3, 0.4) is 0 Å². The Balaban J connectivity index is 2.03. The molecule has 5 nitrogen and oxygen atoms in total. The number of nitrogen functional groups attached to an aromatic ring is 1. The third kappa shape index (κ3) is 1.63. The minimum Gasteiger partial charge on any atom is -0.368 e. The van der Waals surface area contributed by atoms with Gasteiger partial charge in [-0.15, -0.1) is 0 Å². The van der Waals surface area contributed by atoms with Crippen LogP contribution in [-0.4, -0.2) is 19.7 Å². The first-order chi connectivity index (χ1) is 7.74. The monoisotopic (exact) mass is 235 g/mol. The second-order valence-corrected chi connectivity index (χ2v) is 4.27. The summed E-state index contributed by atoms with van der Waals surface area (Å²) in [5.41, 5.74) is 7.06. The van der Waals surface area contributed by atoms with Crippen molar-refractivity contribution in [3.8, 4) is 11.3 Å². The standard InChI is InChI=1S/C10H10ClN5/c11-8-4-13-10(12)15-9(8)6-3-14-16(5-6)7-1-2-7/h3-5,7H,1-2H2,(H2,12,13,15). The zero-order valence-corrected chi connectivity index (χ0v) is 9.22. The van der Waals surface area contributed by atoms with Crippen molar-refractivity contribution < 1.29 is 0 Å². The average molecular weight is 236 g/mol. The van der Waals surface area contributed by atoms with Crippen molar-refractivity contribution in [1.82, 2.24) is 19.7 Å². The number of anilines is 1. The van der Waals surface area contributed by atoms with Crippen molar-refractivity contribution >= 4 is 17.5 Å². The normalized spacial score (nSPS) is 15.3. The Morgan fingerprint density at radius 1 is 1.38 bits per heavy atom. The molecule has 0 aromatic carbocycles. The van der Waals surface area contributed by atoms with Crippen molar-refractivity contribution in [2.75, 3.05) is 5.73 Å². The van der Waals surface area contributed by atoms with E-state index in [4.69, 9.17) is 17.3 Å². The van der Waals surface area contributed by atoms with E-state index in [-0.39, 0.29) is 5.95 Å². The molecule has 1 fully saturated rings. The van der Waals surface area contributed by atoms with Crippen LogP contribution in [0.4, 0.5) is 5.95 Å². The molecule has 2 N–H and O–H groups in total. The van der Waals surface area contributed by atoms with E-state index in [0.29, 0.717) is 16.8 Å². The molecule has 3 rings (SSSR count). The van der Waals surface area contributed by atoms with Gasteiger partial charge >= 0.3 is 0 Å². The first-order valence-electron chi connectivity index (χ1n) is 5.06. The summed E-state index contributed by atoms with van der Waals surface area (Å²) >= 11 is 6.02. The summed E-state index contributed by atoms with van der Waals surface area (Å²) in [5, 5.41) is 4.77. The molecule has 1 saturated carbocycles. The van der Waals surface area contributed by atoms with Gasteiger partial charge in [0.25, 0.3) is 0 Å². The number of hydrogen-bond donors (Lipinski definition) is 1. The number of aromatic nitrogens is 4. The summed E-state index contributed by atoms with van der Waals surface area (Å²) < 4.78 is 1.95. The van der Waals surface area contributed by atoms with Gasteiger partial charge in [-0.25, -0.2) is 9.97 Å². The van der Waals surface area contributed by atoms with E-state index in [0.717, 1.165) is 5.56 Å². The Kier molecular flexibility index (Phi) is 2.07. The number of nitrogens with two attached hydrogens (primary N) is 1. The van der Waals surface area contributed by atoms with Gasteiger partial charge < -0.3 is 5.73 Å². The molecule has 16 heavy (non-hydrogen) atoms. The van der Waals surface area contributed by atoms with Crippen LogP contribution in [0.15, 0.2) is 18.6 Å². The van der Waals surface area contributed by atoms with Gasteiger partial charge in [0.05, 0.1) is 29.2 Å². The fourth-order valence-corrected chi connectivity index (χ4v) is 1.78. The highest BCUT2D eigenvalue weighted by molar-refractivity contribution is 6.32. The third-order valence-electron chi connectivity index (χ3n) is 2.56. The Bertz CT molecular complexity index is 532. The molecule has 82 valence electrons. The van der Waals surface area contributed by atoms with Crippen LogP contribution in [0.5, 0.6) is 0 Å². The molecule has 1 aliphatic carbocycles. The van der Waals surface area contributed by atoms with Crippen molar-refractivity contribution in [2.24, 2.45) is 0 Å². The average Bonchev–Trinajstić information content (AvgIpc) is 3.01. The molecule has 2 aromatic heterocycles. The lowest BCUT2D eigenvalue weighted by Gasteiger charge is -2.00. The van der Waals surface area contributed by atoms with Gasteiger partial charge in [0.2, 0.25) is 5.95 Å².